The molecule has 0 unspecified atom stereocenters. The molecule has 0 saturated carbocycles. The molecule has 0 bridgehead atoms. The van der Waals surface area contributed by atoms with Crippen LogP contribution in [0.15, 0.2) is 109 Å². The summed E-state index contributed by atoms with van der Waals surface area (Å²) in [6.07, 6.45) is -1.68. The maximum Gasteiger partial charge on any atom is 0.315 e. The van der Waals surface area contributed by atoms with Crippen LogP contribution in [0.5, 0.6) is 0 Å². The zero-order valence-electron chi connectivity index (χ0n) is 26.8. The fraction of sp³-hybridized carbons (Fsp3) is 0.342. The van der Waals surface area contributed by atoms with Crippen molar-refractivity contribution in [3.05, 3.63) is 143 Å². The molecule has 1 fully saturated rings. The van der Waals surface area contributed by atoms with Gasteiger partial charge < -0.3 is 30.3 Å². The van der Waals surface area contributed by atoms with Crippen molar-refractivity contribution in [1.29, 1.82) is 0 Å². The molecule has 46 heavy (non-hydrogen) atoms. The molecule has 0 aliphatic carbocycles. The number of hydrogen-bond donors (Lipinski definition) is 4. The summed E-state index contributed by atoms with van der Waals surface area (Å²) in [4.78, 5) is 14.5. The standard InChI is InChI=1S/C38H45N3O5/c1-26-34(24-41(3)27(2)35(43)31-12-8-5-9-13-31)45-37(46-36(26)32-18-16-30(25-42)17-19-32)33-20-14-29(15-21-33)23-40-38(44)39-22-28-10-6-4-7-11-28/h4-21,26-27,34-37,42-43H,22-25H2,1-3H3,(H2,39,40,44)/t26-,27-,34+,35-,36+,37+/m1/s1. The number of nitrogens with one attached hydrogen (secondary N) is 2. The van der Waals surface area contributed by atoms with E-state index in [-0.39, 0.29) is 36.8 Å². The van der Waals surface area contributed by atoms with Crippen LogP contribution in [0.1, 0.15) is 65.7 Å². The van der Waals surface area contributed by atoms with E-state index in [0.717, 1.165) is 33.4 Å². The van der Waals surface area contributed by atoms with Crippen molar-refractivity contribution in [3.8, 4) is 0 Å². The van der Waals surface area contributed by atoms with E-state index in [2.05, 4.69) is 22.5 Å². The second kappa shape index (κ2) is 16.0. The van der Waals surface area contributed by atoms with Gasteiger partial charge in [0.1, 0.15) is 0 Å². The largest absolute Gasteiger partial charge is 0.392 e. The molecule has 0 spiro atoms. The molecule has 4 aromatic rings. The Morgan fingerprint density at radius 2 is 1.33 bits per heavy atom. The summed E-state index contributed by atoms with van der Waals surface area (Å²) in [5.74, 6) is 0.0117. The van der Waals surface area contributed by atoms with Gasteiger partial charge in [0, 0.05) is 37.2 Å². The Morgan fingerprint density at radius 1 is 0.783 bits per heavy atom. The van der Waals surface area contributed by atoms with E-state index < -0.39 is 12.4 Å². The molecule has 0 aromatic heterocycles. The summed E-state index contributed by atoms with van der Waals surface area (Å²) >= 11 is 0. The molecule has 1 heterocycles. The third kappa shape index (κ3) is 8.60. The molecule has 5 rings (SSSR count). The topological polar surface area (TPSA) is 103 Å². The number of hydrogen-bond acceptors (Lipinski definition) is 6. The van der Waals surface area contributed by atoms with Crippen LogP contribution in [-0.2, 0) is 29.2 Å². The van der Waals surface area contributed by atoms with E-state index in [1.165, 1.54) is 0 Å². The molecule has 1 aliphatic heterocycles. The van der Waals surface area contributed by atoms with Crippen LogP contribution >= 0.6 is 0 Å². The summed E-state index contributed by atoms with van der Waals surface area (Å²) in [6, 6.07) is 34.9. The zero-order valence-corrected chi connectivity index (χ0v) is 26.8. The lowest BCUT2D eigenvalue weighted by molar-refractivity contribution is -0.276. The number of urea groups is 1. The van der Waals surface area contributed by atoms with Crippen LogP contribution in [0, 0.1) is 5.92 Å². The fourth-order valence-corrected chi connectivity index (χ4v) is 5.76. The van der Waals surface area contributed by atoms with Crippen molar-refractivity contribution >= 4 is 6.03 Å². The first-order chi connectivity index (χ1) is 22.3. The van der Waals surface area contributed by atoms with Crippen LogP contribution < -0.4 is 10.6 Å². The van der Waals surface area contributed by atoms with Crippen molar-refractivity contribution in [2.45, 2.75) is 64.2 Å². The Bertz CT molecular complexity index is 1500. The number of aliphatic hydroxyl groups excluding tert-OH is 2. The maximum absolute atomic E-state index is 12.3. The minimum Gasteiger partial charge on any atom is -0.392 e. The summed E-state index contributed by atoms with van der Waals surface area (Å²) in [7, 11) is 2.01. The Kier molecular flexibility index (Phi) is 11.6. The zero-order chi connectivity index (χ0) is 32.5. The van der Waals surface area contributed by atoms with Gasteiger partial charge in [-0.3, -0.25) is 4.90 Å². The number of carbonyl (C=O) groups is 1. The molecule has 1 aliphatic rings. The molecule has 2 amide bonds. The molecular formula is C38H45N3O5. The van der Waals surface area contributed by atoms with Gasteiger partial charge in [0.15, 0.2) is 6.29 Å². The van der Waals surface area contributed by atoms with Crippen molar-refractivity contribution < 1.29 is 24.5 Å². The Balaban J connectivity index is 1.26. The Morgan fingerprint density at radius 3 is 1.93 bits per heavy atom. The van der Waals surface area contributed by atoms with Crippen LogP contribution in [0.4, 0.5) is 4.79 Å². The third-order valence-corrected chi connectivity index (χ3v) is 8.89. The average Bonchev–Trinajstić information content (AvgIpc) is 3.11. The second-order valence-electron chi connectivity index (χ2n) is 12.1. The van der Waals surface area contributed by atoms with E-state index in [1.807, 2.05) is 123 Å². The van der Waals surface area contributed by atoms with E-state index in [4.69, 9.17) is 9.47 Å². The van der Waals surface area contributed by atoms with E-state index in [0.29, 0.717) is 19.6 Å². The number of nitrogens with zero attached hydrogens (tertiary/aromatic N) is 1. The van der Waals surface area contributed by atoms with Crippen LogP contribution in [-0.4, -0.2) is 46.9 Å². The number of carbonyl (C=O) groups excluding carboxylic acids is 1. The molecule has 4 N–H and O–H groups in total. The molecule has 242 valence electrons. The number of benzene rings is 4. The minimum atomic E-state index is -0.638. The molecule has 8 nitrogen and oxygen atoms in total. The van der Waals surface area contributed by atoms with Gasteiger partial charge in [0.05, 0.1) is 24.9 Å². The van der Waals surface area contributed by atoms with Gasteiger partial charge in [-0.15, -0.1) is 0 Å². The monoisotopic (exact) mass is 623 g/mol. The van der Waals surface area contributed by atoms with Crippen molar-refractivity contribution in [2.75, 3.05) is 13.6 Å². The third-order valence-electron chi connectivity index (χ3n) is 8.89. The maximum atomic E-state index is 12.3. The number of aliphatic hydroxyl groups is 2. The lowest BCUT2D eigenvalue weighted by Gasteiger charge is -2.43. The second-order valence-corrected chi connectivity index (χ2v) is 12.1. The SMILES string of the molecule is C[C@@H]1[C@H](CN(C)[C@H](C)[C@@H](O)c2ccccc2)O[C@H](c2ccc(CNC(=O)NCc3ccccc3)cc2)O[C@@H]1c1ccc(CO)cc1. The van der Waals surface area contributed by atoms with Gasteiger partial charge in [-0.05, 0) is 41.8 Å². The van der Waals surface area contributed by atoms with Crippen molar-refractivity contribution in [3.63, 3.8) is 0 Å². The number of likely N-dealkylation sites (N-methyl/N-ethyl adjacent to an activating group) is 1. The van der Waals surface area contributed by atoms with E-state index in [9.17, 15) is 15.0 Å². The first kappa shape index (κ1) is 33.3. The highest BCUT2D eigenvalue weighted by molar-refractivity contribution is 5.73. The summed E-state index contributed by atoms with van der Waals surface area (Å²) < 4.78 is 13.2. The predicted molar refractivity (Wildman–Crippen MR) is 178 cm³/mol. The number of amides is 2. The van der Waals surface area contributed by atoms with Gasteiger partial charge in [-0.2, -0.15) is 0 Å². The first-order valence-corrected chi connectivity index (χ1v) is 15.9. The van der Waals surface area contributed by atoms with E-state index in [1.54, 1.807) is 0 Å². The molecule has 8 heteroatoms. The lowest BCUT2D eigenvalue weighted by Crippen LogP contribution is -2.46. The minimum absolute atomic E-state index is 0.0117. The first-order valence-electron chi connectivity index (χ1n) is 15.9. The summed E-state index contributed by atoms with van der Waals surface area (Å²) in [6.45, 7) is 5.59. The normalized spacial score (nSPS) is 21.0. The predicted octanol–water partition coefficient (Wildman–Crippen LogP) is 6.02. The van der Waals surface area contributed by atoms with Crippen molar-refractivity contribution in [2.24, 2.45) is 5.92 Å². The highest BCUT2D eigenvalue weighted by Gasteiger charge is 2.39. The number of ether oxygens (including phenoxy) is 2. The number of rotatable bonds is 12. The molecule has 4 aromatic carbocycles. The van der Waals surface area contributed by atoms with Gasteiger partial charge in [0.25, 0.3) is 0 Å². The smallest absolute Gasteiger partial charge is 0.315 e. The Labute approximate surface area is 272 Å². The highest BCUT2D eigenvalue weighted by Crippen LogP contribution is 2.42. The van der Waals surface area contributed by atoms with Gasteiger partial charge >= 0.3 is 6.03 Å². The fourth-order valence-electron chi connectivity index (χ4n) is 5.76. The van der Waals surface area contributed by atoms with Crippen LogP contribution in [0.3, 0.4) is 0 Å². The van der Waals surface area contributed by atoms with Gasteiger partial charge in [0.2, 0.25) is 0 Å². The van der Waals surface area contributed by atoms with Gasteiger partial charge in [-0.1, -0.05) is 116 Å². The summed E-state index contributed by atoms with van der Waals surface area (Å²) in [5.41, 5.74) is 5.62. The molecule has 0 radical (unpaired) electrons. The van der Waals surface area contributed by atoms with Gasteiger partial charge in [-0.25, -0.2) is 4.79 Å². The van der Waals surface area contributed by atoms with E-state index >= 15 is 0 Å². The quantitative estimate of drug-likeness (QED) is 0.154. The van der Waals surface area contributed by atoms with Crippen LogP contribution in [0.2, 0.25) is 0 Å². The highest BCUT2D eigenvalue weighted by atomic mass is 16.7. The Hall–Kier alpha value is -4.05. The van der Waals surface area contributed by atoms with Crippen LogP contribution in [0.25, 0.3) is 0 Å². The average molecular weight is 624 g/mol. The van der Waals surface area contributed by atoms with Crippen molar-refractivity contribution in [1.82, 2.24) is 15.5 Å². The molecular weight excluding hydrogens is 578 g/mol. The lowest BCUT2D eigenvalue weighted by atomic mass is 9.89. The molecule has 1 saturated heterocycles. The molecule has 6 atom stereocenters. The summed E-state index contributed by atoms with van der Waals surface area (Å²) in [5, 5.41) is 26.5.